The number of fused-ring (bicyclic) bond motifs is 1. The zero-order valence-corrected chi connectivity index (χ0v) is 20.5. The molecule has 0 atom stereocenters. The maximum Gasteiger partial charge on any atom is 0.277 e. The molecule has 0 spiro atoms. The summed E-state index contributed by atoms with van der Waals surface area (Å²) >= 11 is 0. The molecule has 2 aliphatic heterocycles. The number of ether oxygens (including phenoxy) is 2. The molecule has 0 radical (unpaired) electrons. The Morgan fingerprint density at radius 2 is 1.97 bits per heavy atom. The molecular formula is C25H30F2N4O6. The minimum Gasteiger partial charge on any atom is -0.502 e. The number of aromatic hydroxyl groups is 1. The molecule has 1 aromatic carbocycles. The molecule has 4 rings (SSSR count). The van der Waals surface area contributed by atoms with Crippen LogP contribution < -0.4 is 15.8 Å². The molecule has 2 amide bonds. The van der Waals surface area contributed by atoms with E-state index in [1.165, 1.54) is 24.0 Å². The Bertz CT molecular complexity index is 1210. The summed E-state index contributed by atoms with van der Waals surface area (Å²) in [7, 11) is 1.52. The predicted octanol–water partition coefficient (Wildman–Crippen LogP) is 1.58. The Balaban J connectivity index is 1.58. The fraction of sp³-hybridized carbons (Fsp3) is 0.480. The molecule has 2 aliphatic rings. The van der Waals surface area contributed by atoms with Crippen LogP contribution in [0.4, 0.5) is 8.78 Å². The van der Waals surface area contributed by atoms with Crippen molar-refractivity contribution in [3.05, 3.63) is 63.1 Å². The largest absolute Gasteiger partial charge is 0.502 e. The summed E-state index contributed by atoms with van der Waals surface area (Å²) in [6.07, 6.45) is 3.78. The summed E-state index contributed by atoms with van der Waals surface area (Å²) in [5, 5.41) is 14.8. The molecule has 200 valence electrons. The molecule has 2 aromatic rings. The van der Waals surface area contributed by atoms with Crippen LogP contribution >= 0.6 is 0 Å². The predicted molar refractivity (Wildman–Crippen MR) is 129 cm³/mol. The number of rotatable bonds is 9. The van der Waals surface area contributed by atoms with Crippen LogP contribution in [-0.2, 0) is 16.0 Å². The number of aromatic nitrogens is 1. The number of nitrogens with zero attached hydrogens (tertiary/aromatic N) is 3. The Kier molecular flexibility index (Phi) is 8.39. The van der Waals surface area contributed by atoms with Gasteiger partial charge in [0.1, 0.15) is 23.9 Å². The van der Waals surface area contributed by atoms with E-state index < -0.39 is 40.2 Å². The van der Waals surface area contributed by atoms with Crippen molar-refractivity contribution in [1.29, 1.82) is 0 Å². The Hall–Kier alpha value is -3.51. The van der Waals surface area contributed by atoms with Crippen molar-refractivity contribution in [1.82, 2.24) is 14.9 Å². The number of carbonyl (C=O) groups is 2. The molecule has 1 saturated heterocycles. The summed E-state index contributed by atoms with van der Waals surface area (Å²) in [5.41, 5.74) is -1.65. The van der Waals surface area contributed by atoms with Crippen molar-refractivity contribution >= 4 is 11.8 Å². The van der Waals surface area contributed by atoms with Gasteiger partial charge in [-0.15, -0.1) is 0 Å². The van der Waals surface area contributed by atoms with E-state index in [9.17, 15) is 28.3 Å². The molecule has 3 heterocycles. The van der Waals surface area contributed by atoms with Gasteiger partial charge < -0.3 is 24.8 Å². The van der Waals surface area contributed by atoms with Gasteiger partial charge in [0.25, 0.3) is 11.8 Å². The first-order valence-electron chi connectivity index (χ1n) is 12.1. The number of pyridine rings is 1. The van der Waals surface area contributed by atoms with E-state index in [1.54, 1.807) is 9.91 Å². The lowest BCUT2D eigenvalue weighted by Gasteiger charge is -2.40. The van der Waals surface area contributed by atoms with Crippen LogP contribution in [0.1, 0.15) is 45.7 Å². The van der Waals surface area contributed by atoms with Crippen LogP contribution in [-0.4, -0.2) is 73.2 Å². The summed E-state index contributed by atoms with van der Waals surface area (Å²) in [5.74, 6) is -3.42. The van der Waals surface area contributed by atoms with E-state index in [1.807, 2.05) is 0 Å². The zero-order chi connectivity index (χ0) is 26.5. The van der Waals surface area contributed by atoms with Gasteiger partial charge in [-0.3, -0.25) is 24.1 Å². The molecule has 12 heteroatoms. The quantitative estimate of drug-likeness (QED) is 0.516. The first-order chi connectivity index (χ1) is 17.8. The van der Waals surface area contributed by atoms with Gasteiger partial charge in [0.15, 0.2) is 11.4 Å². The third kappa shape index (κ3) is 5.91. The number of benzene rings is 1. The van der Waals surface area contributed by atoms with Crippen LogP contribution in [0.25, 0.3) is 0 Å². The first-order valence-corrected chi connectivity index (χ1v) is 12.1. The third-order valence-electron chi connectivity index (χ3n) is 6.69. The van der Waals surface area contributed by atoms with Crippen molar-refractivity contribution in [3.63, 3.8) is 0 Å². The molecule has 0 bridgehead atoms. The Labute approximate surface area is 212 Å². The molecule has 1 aromatic heterocycles. The number of carbonyl (C=O) groups excluding carboxylic acids is 2. The lowest BCUT2D eigenvalue weighted by molar-refractivity contribution is 0.0528. The molecule has 0 saturated carbocycles. The maximum atomic E-state index is 13.9. The van der Waals surface area contributed by atoms with Crippen LogP contribution in [0, 0.1) is 17.6 Å². The fourth-order valence-electron chi connectivity index (χ4n) is 4.51. The number of halogens is 2. The summed E-state index contributed by atoms with van der Waals surface area (Å²) in [6.45, 7) is 2.29. The van der Waals surface area contributed by atoms with Crippen LogP contribution in [0.15, 0.2) is 29.2 Å². The Morgan fingerprint density at radius 1 is 1.22 bits per heavy atom. The summed E-state index contributed by atoms with van der Waals surface area (Å²) in [4.78, 5) is 40.6. The lowest BCUT2D eigenvalue weighted by Crippen LogP contribution is -2.55. The van der Waals surface area contributed by atoms with E-state index in [-0.39, 0.29) is 24.5 Å². The van der Waals surface area contributed by atoms with E-state index in [2.05, 4.69) is 5.32 Å². The van der Waals surface area contributed by atoms with Crippen molar-refractivity contribution < 1.29 is 33.0 Å². The second-order valence-corrected chi connectivity index (χ2v) is 9.11. The zero-order valence-electron chi connectivity index (χ0n) is 20.5. The van der Waals surface area contributed by atoms with Gasteiger partial charge in [-0.2, -0.15) is 0 Å². The van der Waals surface area contributed by atoms with Gasteiger partial charge in [0, 0.05) is 51.2 Å². The van der Waals surface area contributed by atoms with Crippen molar-refractivity contribution in [3.8, 4) is 5.75 Å². The topological polar surface area (TPSA) is 113 Å². The first kappa shape index (κ1) is 26.6. The highest BCUT2D eigenvalue weighted by Gasteiger charge is 2.34. The van der Waals surface area contributed by atoms with E-state index >= 15 is 0 Å². The standard InChI is InChI=1S/C25H30F2N4O6/c1-36-11-8-30-15-29(7-4-16-5-9-37-10-6-16)25(35)21-23(33)22(32)19(14-31(21)30)24(34)28-13-17-2-3-18(26)12-20(17)27/h2-3,12,14,16,33H,4-11,13,15H2,1H3,(H,28,34). The monoisotopic (exact) mass is 520 g/mol. The average Bonchev–Trinajstić information content (AvgIpc) is 2.89. The molecule has 2 N–H and O–H groups in total. The van der Waals surface area contributed by atoms with Crippen LogP contribution in [0.2, 0.25) is 0 Å². The molecule has 37 heavy (non-hydrogen) atoms. The maximum absolute atomic E-state index is 13.9. The average molecular weight is 521 g/mol. The molecule has 10 nitrogen and oxygen atoms in total. The number of hydrogen-bond acceptors (Lipinski definition) is 7. The molecule has 1 fully saturated rings. The second kappa shape index (κ2) is 11.7. The lowest BCUT2D eigenvalue weighted by atomic mass is 9.96. The van der Waals surface area contributed by atoms with E-state index in [4.69, 9.17) is 9.47 Å². The molecular weight excluding hydrogens is 490 g/mol. The van der Waals surface area contributed by atoms with E-state index in [0.29, 0.717) is 44.9 Å². The number of nitrogens with one attached hydrogen (secondary N) is 1. The van der Waals surface area contributed by atoms with Gasteiger partial charge in [0.05, 0.1) is 13.2 Å². The van der Waals surface area contributed by atoms with Gasteiger partial charge in [-0.05, 0) is 31.2 Å². The highest BCUT2D eigenvalue weighted by atomic mass is 19.1. The molecule has 0 aliphatic carbocycles. The van der Waals surface area contributed by atoms with Crippen LogP contribution in [0.3, 0.4) is 0 Å². The van der Waals surface area contributed by atoms with Gasteiger partial charge in [0.2, 0.25) is 5.43 Å². The normalized spacial score (nSPS) is 16.1. The third-order valence-corrected chi connectivity index (χ3v) is 6.69. The number of amides is 2. The minimum absolute atomic E-state index is 0.0223. The van der Waals surface area contributed by atoms with Crippen molar-refractivity contribution in [2.75, 3.05) is 51.7 Å². The van der Waals surface area contributed by atoms with Gasteiger partial charge >= 0.3 is 0 Å². The SMILES string of the molecule is COCCN1CN(CCC2CCOCC2)C(=O)c2c(O)c(=O)c(C(=O)NCc3ccc(F)cc3F)cn21. The summed E-state index contributed by atoms with van der Waals surface area (Å²) in [6, 6.07) is 2.92. The van der Waals surface area contributed by atoms with Crippen molar-refractivity contribution in [2.45, 2.75) is 25.8 Å². The smallest absolute Gasteiger partial charge is 0.277 e. The van der Waals surface area contributed by atoms with Crippen molar-refractivity contribution in [2.24, 2.45) is 5.92 Å². The molecule has 0 unspecified atom stereocenters. The second-order valence-electron chi connectivity index (χ2n) is 9.11. The van der Waals surface area contributed by atoms with Gasteiger partial charge in [-0.1, -0.05) is 6.07 Å². The van der Waals surface area contributed by atoms with Gasteiger partial charge in [-0.25, -0.2) is 8.78 Å². The summed E-state index contributed by atoms with van der Waals surface area (Å²) < 4.78 is 39.0. The highest BCUT2D eigenvalue weighted by Crippen LogP contribution is 2.24. The van der Waals surface area contributed by atoms with E-state index in [0.717, 1.165) is 25.3 Å². The fourth-order valence-corrected chi connectivity index (χ4v) is 4.51. The number of methoxy groups -OCH3 is 1. The minimum atomic E-state index is -1.02. The van der Waals surface area contributed by atoms with Crippen LogP contribution in [0.5, 0.6) is 5.75 Å². The highest BCUT2D eigenvalue weighted by molar-refractivity contribution is 5.99. The number of hydrogen-bond donors (Lipinski definition) is 2. The Morgan fingerprint density at radius 3 is 2.68 bits per heavy atom.